The topological polar surface area (TPSA) is 66.5 Å². The second kappa shape index (κ2) is 7.13. The maximum atomic E-state index is 12.3. The fourth-order valence-corrected chi connectivity index (χ4v) is 4.78. The molecule has 1 aliphatic heterocycles. The van der Waals surface area contributed by atoms with Crippen LogP contribution in [0.2, 0.25) is 0 Å². The molecule has 124 valence electrons. The number of carbonyl (C=O) groups excluding carboxylic acids is 3. The molecule has 2 aliphatic rings. The molecule has 2 unspecified atom stereocenters. The maximum absolute atomic E-state index is 12.3. The minimum Gasteiger partial charge on any atom is -0.351 e. The van der Waals surface area contributed by atoms with Crippen molar-refractivity contribution in [2.75, 3.05) is 6.54 Å². The largest absolute Gasteiger partial charge is 0.351 e. The highest BCUT2D eigenvalue weighted by Crippen LogP contribution is 2.37. The van der Waals surface area contributed by atoms with Crippen molar-refractivity contribution in [3.05, 3.63) is 20.8 Å². The number of amides is 3. The Bertz CT molecular complexity index is 607. The standard InChI is InChI=1S/C16H19BrN2O3S/c17-10-7-11(23-9-10)8-18-14(20)5-6-19-15(21)12-3-1-2-4-13(12)16(19)22/h7,9,12-13H,1-6,8H2,(H,18,20). The summed E-state index contributed by atoms with van der Waals surface area (Å²) in [4.78, 5) is 38.9. The summed E-state index contributed by atoms with van der Waals surface area (Å²) in [6.45, 7) is 0.673. The first-order valence-electron chi connectivity index (χ1n) is 7.91. The van der Waals surface area contributed by atoms with Crippen molar-refractivity contribution in [3.63, 3.8) is 0 Å². The van der Waals surface area contributed by atoms with Crippen LogP contribution in [0.5, 0.6) is 0 Å². The van der Waals surface area contributed by atoms with Crippen molar-refractivity contribution < 1.29 is 14.4 Å². The third kappa shape index (κ3) is 3.66. The normalized spacial score (nSPS) is 24.0. The van der Waals surface area contributed by atoms with Crippen molar-refractivity contribution in [1.82, 2.24) is 10.2 Å². The van der Waals surface area contributed by atoms with Crippen molar-refractivity contribution in [1.29, 1.82) is 0 Å². The van der Waals surface area contributed by atoms with Gasteiger partial charge in [0.15, 0.2) is 0 Å². The molecule has 1 aromatic heterocycles. The van der Waals surface area contributed by atoms with Crippen molar-refractivity contribution in [2.24, 2.45) is 11.8 Å². The number of nitrogens with zero attached hydrogens (tertiary/aromatic N) is 1. The summed E-state index contributed by atoms with van der Waals surface area (Å²) < 4.78 is 1.00. The molecule has 1 saturated heterocycles. The molecule has 2 heterocycles. The molecular formula is C16H19BrN2O3S. The fourth-order valence-electron chi connectivity index (χ4n) is 3.39. The highest BCUT2D eigenvalue weighted by molar-refractivity contribution is 9.10. The van der Waals surface area contributed by atoms with E-state index in [0.29, 0.717) is 6.54 Å². The molecule has 1 N–H and O–H groups in total. The molecule has 0 aromatic carbocycles. The van der Waals surface area contributed by atoms with Gasteiger partial charge < -0.3 is 5.32 Å². The lowest BCUT2D eigenvalue weighted by molar-refractivity contribution is -0.140. The van der Waals surface area contributed by atoms with Crippen molar-refractivity contribution in [2.45, 2.75) is 38.6 Å². The lowest BCUT2D eigenvalue weighted by Crippen LogP contribution is -2.35. The summed E-state index contributed by atoms with van der Waals surface area (Å²) in [5.74, 6) is -0.556. The Kier molecular flexibility index (Phi) is 5.16. The van der Waals surface area contributed by atoms with Crippen molar-refractivity contribution >= 4 is 45.0 Å². The van der Waals surface area contributed by atoms with Gasteiger partial charge in [-0.15, -0.1) is 11.3 Å². The molecule has 0 bridgehead atoms. The molecule has 3 rings (SSSR count). The van der Waals surface area contributed by atoms with Gasteiger partial charge in [-0.1, -0.05) is 12.8 Å². The lowest BCUT2D eigenvalue weighted by atomic mass is 9.81. The number of rotatable bonds is 5. The van der Waals surface area contributed by atoms with Crippen LogP contribution < -0.4 is 5.32 Å². The molecule has 1 saturated carbocycles. The van der Waals surface area contributed by atoms with Gasteiger partial charge >= 0.3 is 0 Å². The van der Waals surface area contributed by atoms with E-state index in [-0.39, 0.29) is 42.5 Å². The lowest BCUT2D eigenvalue weighted by Gasteiger charge is -2.19. The summed E-state index contributed by atoms with van der Waals surface area (Å²) in [6, 6.07) is 1.96. The van der Waals surface area contributed by atoms with Crippen LogP contribution in [-0.4, -0.2) is 29.2 Å². The predicted octanol–water partition coefficient (Wildman–Crippen LogP) is 2.69. The van der Waals surface area contributed by atoms with Gasteiger partial charge in [-0.25, -0.2) is 0 Å². The molecule has 1 aromatic rings. The number of fused-ring (bicyclic) bond motifs is 1. The van der Waals surface area contributed by atoms with E-state index in [1.165, 1.54) is 4.90 Å². The van der Waals surface area contributed by atoms with Crippen LogP contribution in [-0.2, 0) is 20.9 Å². The predicted molar refractivity (Wildman–Crippen MR) is 90.7 cm³/mol. The number of halogens is 1. The van der Waals surface area contributed by atoms with Gasteiger partial charge in [-0.2, -0.15) is 0 Å². The molecule has 2 fully saturated rings. The molecule has 1 aliphatic carbocycles. The molecule has 2 atom stereocenters. The quantitative estimate of drug-likeness (QED) is 0.775. The van der Waals surface area contributed by atoms with Gasteiger partial charge in [-0.3, -0.25) is 19.3 Å². The smallest absolute Gasteiger partial charge is 0.233 e. The molecule has 5 nitrogen and oxygen atoms in total. The summed E-state index contributed by atoms with van der Waals surface area (Å²) in [5.41, 5.74) is 0. The second-order valence-electron chi connectivity index (χ2n) is 6.08. The summed E-state index contributed by atoms with van der Waals surface area (Å²) in [7, 11) is 0. The van der Waals surface area contributed by atoms with Gasteiger partial charge in [0.1, 0.15) is 0 Å². The number of thiophene rings is 1. The first-order valence-corrected chi connectivity index (χ1v) is 9.58. The number of hydrogen-bond donors (Lipinski definition) is 1. The zero-order valence-corrected chi connectivity index (χ0v) is 15.1. The Labute approximate surface area is 147 Å². The Morgan fingerprint density at radius 3 is 2.48 bits per heavy atom. The van der Waals surface area contributed by atoms with E-state index in [1.807, 2.05) is 11.4 Å². The zero-order chi connectivity index (χ0) is 16.4. The average Bonchev–Trinajstić information content (AvgIpc) is 3.07. The van der Waals surface area contributed by atoms with Gasteiger partial charge in [0.05, 0.1) is 18.4 Å². The van der Waals surface area contributed by atoms with Gasteiger partial charge in [-0.05, 0) is 34.8 Å². The third-order valence-corrected chi connectivity index (χ3v) is 6.27. The van der Waals surface area contributed by atoms with E-state index in [4.69, 9.17) is 0 Å². The summed E-state index contributed by atoms with van der Waals surface area (Å²) >= 11 is 4.94. The van der Waals surface area contributed by atoms with E-state index < -0.39 is 0 Å². The number of carbonyl (C=O) groups is 3. The number of likely N-dealkylation sites (tertiary alicyclic amines) is 1. The zero-order valence-electron chi connectivity index (χ0n) is 12.7. The first-order chi connectivity index (χ1) is 11.1. The van der Waals surface area contributed by atoms with Crippen LogP contribution >= 0.6 is 27.3 Å². The number of imide groups is 1. The van der Waals surface area contributed by atoms with Crippen LogP contribution in [0.4, 0.5) is 0 Å². The molecular weight excluding hydrogens is 380 g/mol. The minimum absolute atomic E-state index is 0.0744. The van der Waals surface area contributed by atoms with Crippen molar-refractivity contribution in [3.8, 4) is 0 Å². The third-order valence-electron chi connectivity index (χ3n) is 4.58. The van der Waals surface area contributed by atoms with Crippen LogP contribution in [0.25, 0.3) is 0 Å². The second-order valence-corrected chi connectivity index (χ2v) is 7.99. The van der Waals surface area contributed by atoms with Crippen LogP contribution in [0.1, 0.15) is 37.0 Å². The highest BCUT2D eigenvalue weighted by Gasteiger charge is 2.47. The molecule has 3 amide bonds. The first kappa shape index (κ1) is 16.6. The summed E-state index contributed by atoms with van der Waals surface area (Å²) in [6.07, 6.45) is 3.83. The maximum Gasteiger partial charge on any atom is 0.233 e. The van der Waals surface area contributed by atoms with E-state index in [9.17, 15) is 14.4 Å². The van der Waals surface area contributed by atoms with Crippen LogP contribution in [0.15, 0.2) is 15.9 Å². The van der Waals surface area contributed by atoms with E-state index in [1.54, 1.807) is 11.3 Å². The highest BCUT2D eigenvalue weighted by atomic mass is 79.9. The number of hydrogen-bond acceptors (Lipinski definition) is 4. The van der Waals surface area contributed by atoms with Gasteiger partial charge in [0.25, 0.3) is 0 Å². The molecule has 0 spiro atoms. The van der Waals surface area contributed by atoms with Gasteiger partial charge in [0, 0.05) is 27.7 Å². The minimum atomic E-state index is -0.136. The van der Waals surface area contributed by atoms with Crippen LogP contribution in [0.3, 0.4) is 0 Å². The van der Waals surface area contributed by atoms with E-state index >= 15 is 0 Å². The monoisotopic (exact) mass is 398 g/mol. The van der Waals surface area contributed by atoms with E-state index in [2.05, 4.69) is 21.2 Å². The Morgan fingerprint density at radius 1 is 1.26 bits per heavy atom. The molecule has 7 heteroatoms. The average molecular weight is 399 g/mol. The Hall–Kier alpha value is -1.21. The Balaban J connectivity index is 1.48. The van der Waals surface area contributed by atoms with Gasteiger partial charge in [0.2, 0.25) is 17.7 Å². The number of nitrogens with one attached hydrogen (secondary N) is 1. The molecule has 23 heavy (non-hydrogen) atoms. The van der Waals surface area contributed by atoms with E-state index in [0.717, 1.165) is 35.0 Å². The Morgan fingerprint density at radius 2 is 1.91 bits per heavy atom. The SMILES string of the molecule is O=C(CCN1C(=O)C2CCCCC2C1=O)NCc1cc(Br)cs1. The summed E-state index contributed by atoms with van der Waals surface area (Å²) in [5, 5.41) is 4.79. The molecule has 0 radical (unpaired) electrons. The fraction of sp³-hybridized carbons (Fsp3) is 0.562. The van der Waals surface area contributed by atoms with Crippen LogP contribution in [0, 0.1) is 11.8 Å².